The third-order valence-electron chi connectivity index (χ3n) is 4.55. The lowest BCUT2D eigenvalue weighted by molar-refractivity contribution is 1.31. The Morgan fingerprint density at radius 2 is 1.46 bits per heavy atom. The summed E-state index contributed by atoms with van der Waals surface area (Å²) in [6.07, 6.45) is 0. The maximum atomic E-state index is 6.14. The van der Waals surface area contributed by atoms with Crippen molar-refractivity contribution >= 4 is 29.5 Å². The van der Waals surface area contributed by atoms with Crippen LogP contribution in [0, 0.1) is 13.8 Å². The van der Waals surface area contributed by atoms with Crippen LogP contribution in [0.3, 0.4) is 0 Å². The fourth-order valence-corrected chi connectivity index (χ4v) is 2.93. The number of nitrogens with two attached hydrogens (primary N) is 1. The summed E-state index contributed by atoms with van der Waals surface area (Å²) in [5, 5.41) is 0. The molecule has 0 unspecified atom stereocenters. The number of benzene rings is 2. The van der Waals surface area contributed by atoms with Crippen LogP contribution in [0.5, 0.6) is 0 Å². The molecule has 0 aromatic heterocycles. The van der Waals surface area contributed by atoms with E-state index < -0.39 is 0 Å². The zero-order chi connectivity index (χ0) is 18.0. The van der Waals surface area contributed by atoms with Crippen LogP contribution in [0.4, 0.5) is 5.69 Å². The zero-order valence-corrected chi connectivity index (χ0v) is 15.8. The minimum absolute atomic E-state index is 0.747. The van der Waals surface area contributed by atoms with Crippen molar-refractivity contribution < 1.29 is 0 Å². The Kier molecular flexibility index (Phi) is 5.40. The second-order valence-electron chi connectivity index (χ2n) is 6.30. The molecule has 0 amide bonds. The van der Waals surface area contributed by atoms with Crippen molar-refractivity contribution in [3.8, 4) is 0 Å². The maximum absolute atomic E-state index is 6.14. The lowest BCUT2D eigenvalue weighted by atomic mass is 9.89. The van der Waals surface area contributed by atoms with Gasteiger partial charge in [-0.3, -0.25) is 0 Å². The number of hydrogen-bond donors (Lipinski definition) is 2. The smallest absolute Gasteiger partial charge is 0.0393 e. The van der Waals surface area contributed by atoms with Crippen molar-refractivity contribution in [1.82, 2.24) is 0 Å². The van der Waals surface area contributed by atoms with E-state index in [4.69, 9.17) is 5.73 Å². The summed E-state index contributed by atoms with van der Waals surface area (Å²) in [5.41, 5.74) is 15.5. The van der Waals surface area contributed by atoms with Crippen LogP contribution in [-0.4, -0.2) is 0 Å². The van der Waals surface area contributed by atoms with Gasteiger partial charge in [-0.1, -0.05) is 30.9 Å². The molecule has 0 heterocycles. The van der Waals surface area contributed by atoms with E-state index in [-0.39, 0.29) is 0 Å². The molecule has 0 atom stereocenters. The fraction of sp³-hybridized carbons (Fsp3) is 0.182. The standard InChI is InChI=1S/C22H25NS/c1-13-7-10-22(23)21(11-13)18(6)16(4)15(3)17(5)20-12-19(24)9-8-14(20)2/h7-12,24H,5-6,23H2,1-4H3/b16-15+. The molecule has 0 fully saturated rings. The second-order valence-corrected chi connectivity index (χ2v) is 6.81. The van der Waals surface area contributed by atoms with E-state index in [0.29, 0.717) is 0 Å². The number of anilines is 1. The SMILES string of the molecule is C=C(/C(C)=C(\C)C(=C)c1cc(C)ccc1N)c1cc(S)ccc1C. The number of rotatable bonds is 4. The van der Waals surface area contributed by atoms with Crippen molar-refractivity contribution in [2.24, 2.45) is 0 Å². The van der Waals surface area contributed by atoms with E-state index in [2.05, 4.69) is 71.7 Å². The Bertz CT molecular complexity index is 785. The van der Waals surface area contributed by atoms with E-state index >= 15 is 0 Å². The van der Waals surface area contributed by atoms with Crippen LogP contribution < -0.4 is 5.73 Å². The largest absolute Gasteiger partial charge is 0.398 e. The zero-order valence-electron chi connectivity index (χ0n) is 14.9. The van der Waals surface area contributed by atoms with E-state index in [1.54, 1.807) is 0 Å². The Hall–Kier alpha value is -2.19. The Morgan fingerprint density at radius 1 is 0.875 bits per heavy atom. The topological polar surface area (TPSA) is 26.0 Å². The van der Waals surface area contributed by atoms with E-state index in [1.165, 1.54) is 11.1 Å². The summed E-state index contributed by atoms with van der Waals surface area (Å²) < 4.78 is 0. The van der Waals surface area contributed by atoms with Gasteiger partial charge in [0.1, 0.15) is 0 Å². The van der Waals surface area contributed by atoms with Crippen molar-refractivity contribution in [1.29, 1.82) is 0 Å². The monoisotopic (exact) mass is 335 g/mol. The van der Waals surface area contributed by atoms with Gasteiger partial charge in [-0.25, -0.2) is 0 Å². The molecule has 2 rings (SSSR count). The number of nitrogen functional groups attached to an aromatic ring is 1. The van der Waals surface area contributed by atoms with Crippen LogP contribution in [0.2, 0.25) is 0 Å². The third kappa shape index (κ3) is 3.65. The Balaban J connectivity index is 2.46. The second kappa shape index (κ2) is 7.14. The molecule has 2 N–H and O–H groups in total. The summed E-state index contributed by atoms with van der Waals surface area (Å²) in [7, 11) is 0. The van der Waals surface area contributed by atoms with Crippen LogP contribution in [0.25, 0.3) is 11.1 Å². The first-order valence-corrected chi connectivity index (χ1v) is 8.39. The molecule has 0 bridgehead atoms. The van der Waals surface area contributed by atoms with Gasteiger partial charge in [0.25, 0.3) is 0 Å². The molecule has 24 heavy (non-hydrogen) atoms. The van der Waals surface area contributed by atoms with E-state index in [0.717, 1.165) is 44.0 Å². The lowest BCUT2D eigenvalue weighted by Gasteiger charge is -2.17. The molecule has 1 nitrogen and oxygen atoms in total. The minimum Gasteiger partial charge on any atom is -0.398 e. The quantitative estimate of drug-likeness (QED) is 0.386. The van der Waals surface area contributed by atoms with Gasteiger partial charge in [-0.15, -0.1) is 12.6 Å². The average molecular weight is 336 g/mol. The summed E-state index contributed by atoms with van der Waals surface area (Å²) in [6.45, 7) is 16.9. The van der Waals surface area contributed by atoms with Gasteiger partial charge < -0.3 is 5.73 Å². The van der Waals surface area contributed by atoms with Gasteiger partial charge >= 0.3 is 0 Å². The van der Waals surface area contributed by atoms with Crippen LogP contribution >= 0.6 is 12.6 Å². The van der Waals surface area contributed by atoms with Crippen molar-refractivity contribution in [2.45, 2.75) is 32.6 Å². The van der Waals surface area contributed by atoms with Crippen molar-refractivity contribution in [3.63, 3.8) is 0 Å². The summed E-state index contributed by atoms with van der Waals surface area (Å²) >= 11 is 4.45. The van der Waals surface area contributed by atoms with Gasteiger partial charge in [0.2, 0.25) is 0 Å². The highest BCUT2D eigenvalue weighted by Crippen LogP contribution is 2.34. The molecule has 0 aliphatic rings. The maximum Gasteiger partial charge on any atom is 0.0393 e. The first kappa shape index (κ1) is 18.2. The highest BCUT2D eigenvalue weighted by Gasteiger charge is 2.12. The van der Waals surface area contributed by atoms with E-state index in [9.17, 15) is 0 Å². The predicted octanol–water partition coefficient (Wildman–Crippen LogP) is 6.24. The molecule has 0 aliphatic heterocycles. The average Bonchev–Trinajstić information content (AvgIpc) is 2.56. The summed E-state index contributed by atoms with van der Waals surface area (Å²) in [4.78, 5) is 0.934. The highest BCUT2D eigenvalue weighted by atomic mass is 32.1. The fourth-order valence-electron chi connectivity index (χ4n) is 2.72. The van der Waals surface area contributed by atoms with Gasteiger partial charge in [0.05, 0.1) is 0 Å². The summed E-state index contributed by atoms with van der Waals surface area (Å²) in [5.74, 6) is 0. The molecule has 0 spiro atoms. The van der Waals surface area contributed by atoms with Gasteiger partial charge in [-0.05, 0) is 85.4 Å². The molecule has 124 valence electrons. The third-order valence-corrected chi connectivity index (χ3v) is 4.83. The van der Waals surface area contributed by atoms with Gasteiger partial charge in [0, 0.05) is 16.1 Å². The molecule has 2 aromatic rings. The molecule has 0 radical (unpaired) electrons. The number of aryl methyl sites for hydroxylation is 2. The van der Waals surface area contributed by atoms with Gasteiger partial charge in [-0.2, -0.15) is 0 Å². The van der Waals surface area contributed by atoms with Crippen LogP contribution in [0.15, 0.2) is 65.6 Å². The van der Waals surface area contributed by atoms with Crippen LogP contribution in [0.1, 0.15) is 36.1 Å². The molecule has 0 aliphatic carbocycles. The van der Waals surface area contributed by atoms with Crippen LogP contribution in [-0.2, 0) is 0 Å². The first-order chi connectivity index (χ1) is 11.2. The molecular weight excluding hydrogens is 310 g/mol. The molecule has 2 heteroatoms. The normalized spacial score (nSPS) is 11.9. The number of hydrogen-bond acceptors (Lipinski definition) is 2. The number of thiol groups is 1. The number of allylic oxidation sites excluding steroid dienone is 4. The highest BCUT2D eigenvalue weighted by molar-refractivity contribution is 7.80. The first-order valence-electron chi connectivity index (χ1n) is 7.95. The summed E-state index contributed by atoms with van der Waals surface area (Å²) in [6, 6.07) is 12.1. The Labute approximate surface area is 151 Å². The molecule has 0 saturated carbocycles. The lowest BCUT2D eigenvalue weighted by Crippen LogP contribution is -1.98. The minimum atomic E-state index is 0.747. The van der Waals surface area contributed by atoms with Gasteiger partial charge in [0.15, 0.2) is 0 Å². The Morgan fingerprint density at radius 3 is 2.08 bits per heavy atom. The molecular formula is C22H25NS. The molecule has 2 aromatic carbocycles. The molecule has 0 saturated heterocycles. The van der Waals surface area contributed by atoms with Crippen molar-refractivity contribution in [2.75, 3.05) is 5.73 Å². The van der Waals surface area contributed by atoms with Crippen molar-refractivity contribution in [3.05, 3.63) is 83.0 Å². The predicted molar refractivity (Wildman–Crippen MR) is 110 cm³/mol. The van der Waals surface area contributed by atoms with E-state index in [1.807, 2.05) is 18.2 Å².